The number of rotatable bonds is 8. The molecule has 10 heteroatoms. The standard InChI is InChI=1S/C30H27IN4O4S/c1-17-6-9-21(10-7-17)29-34-35-27(32)22(28(36)33-30(35)40-29)14-20-15-23(31)26(25(16-20)37-4)39-12-11-38-24-13-18(2)5-8-19(24)3/h5-10,13-16,32H,11-12H2,1-4H3/b22-14-,32-27?. The van der Waals surface area contributed by atoms with Crippen LogP contribution in [-0.2, 0) is 4.79 Å². The number of amidine groups is 2. The van der Waals surface area contributed by atoms with Crippen molar-refractivity contribution in [1.29, 1.82) is 5.41 Å². The molecule has 5 rings (SSSR count). The second-order valence-corrected chi connectivity index (χ2v) is 11.4. The van der Waals surface area contributed by atoms with Crippen molar-refractivity contribution in [3.05, 3.63) is 91.6 Å². The number of aryl methyl sites for hydroxylation is 3. The van der Waals surface area contributed by atoms with Gasteiger partial charge in [-0.15, -0.1) is 0 Å². The first-order chi connectivity index (χ1) is 19.2. The maximum absolute atomic E-state index is 12.9. The van der Waals surface area contributed by atoms with Crippen molar-refractivity contribution >= 4 is 62.4 Å². The topological polar surface area (TPSA) is 96.6 Å². The van der Waals surface area contributed by atoms with E-state index in [-0.39, 0.29) is 11.4 Å². The first-order valence-corrected chi connectivity index (χ1v) is 14.4. The fourth-order valence-corrected chi connectivity index (χ4v) is 5.77. The number of halogens is 1. The Balaban J connectivity index is 1.32. The van der Waals surface area contributed by atoms with Gasteiger partial charge in [-0.2, -0.15) is 15.1 Å². The second-order valence-electron chi connectivity index (χ2n) is 9.29. The molecule has 40 heavy (non-hydrogen) atoms. The van der Waals surface area contributed by atoms with Gasteiger partial charge in [-0.3, -0.25) is 10.2 Å². The van der Waals surface area contributed by atoms with Crippen LogP contribution in [0.5, 0.6) is 17.2 Å². The summed E-state index contributed by atoms with van der Waals surface area (Å²) in [6.07, 6.45) is 1.63. The van der Waals surface area contributed by atoms with Crippen LogP contribution >= 0.6 is 34.4 Å². The highest BCUT2D eigenvalue weighted by atomic mass is 127. The Labute approximate surface area is 250 Å². The molecule has 2 heterocycles. The molecule has 0 saturated heterocycles. The molecule has 2 aliphatic rings. The summed E-state index contributed by atoms with van der Waals surface area (Å²) >= 11 is 3.45. The number of fused-ring (bicyclic) bond motifs is 1. The summed E-state index contributed by atoms with van der Waals surface area (Å²) in [7, 11) is 1.56. The molecular formula is C30H27IN4O4S. The highest BCUT2D eigenvalue weighted by molar-refractivity contribution is 14.1. The minimum absolute atomic E-state index is 0.0255. The van der Waals surface area contributed by atoms with E-state index in [0.29, 0.717) is 40.5 Å². The molecule has 0 unspecified atom stereocenters. The summed E-state index contributed by atoms with van der Waals surface area (Å²) in [6.45, 7) is 6.76. The van der Waals surface area contributed by atoms with Gasteiger partial charge in [-0.25, -0.2) is 0 Å². The van der Waals surface area contributed by atoms with Crippen LogP contribution in [0.15, 0.2) is 70.3 Å². The maximum Gasteiger partial charge on any atom is 0.283 e. The number of nitrogens with zero attached hydrogens (tertiary/aromatic N) is 3. The molecule has 0 saturated carbocycles. The van der Waals surface area contributed by atoms with E-state index in [1.165, 1.54) is 16.8 Å². The summed E-state index contributed by atoms with van der Waals surface area (Å²) in [5, 5.41) is 15.7. The van der Waals surface area contributed by atoms with Gasteiger partial charge in [-0.1, -0.05) is 42.0 Å². The second kappa shape index (κ2) is 11.8. The number of thioether (sulfide) groups is 1. The normalized spacial score (nSPS) is 15.6. The van der Waals surface area contributed by atoms with Crippen molar-refractivity contribution in [2.45, 2.75) is 20.8 Å². The lowest BCUT2D eigenvalue weighted by molar-refractivity contribution is -0.114. The van der Waals surface area contributed by atoms with Crippen LogP contribution in [0.25, 0.3) is 6.08 Å². The van der Waals surface area contributed by atoms with Gasteiger partial charge in [0.1, 0.15) is 24.0 Å². The number of amides is 1. The molecule has 204 valence electrons. The van der Waals surface area contributed by atoms with Crippen molar-refractivity contribution in [2.24, 2.45) is 10.1 Å². The molecule has 0 aliphatic carbocycles. The number of carbonyl (C=O) groups excluding carboxylic acids is 1. The molecule has 0 bridgehead atoms. The van der Waals surface area contributed by atoms with E-state index in [4.69, 9.17) is 19.6 Å². The lowest BCUT2D eigenvalue weighted by Gasteiger charge is -2.20. The summed E-state index contributed by atoms with van der Waals surface area (Å²) in [6, 6.07) is 17.7. The van der Waals surface area contributed by atoms with E-state index in [2.05, 4.69) is 38.8 Å². The van der Waals surface area contributed by atoms with Crippen LogP contribution in [0, 0.1) is 29.8 Å². The van der Waals surface area contributed by atoms with Crippen LogP contribution in [0.1, 0.15) is 27.8 Å². The van der Waals surface area contributed by atoms with E-state index < -0.39 is 5.91 Å². The third-order valence-electron chi connectivity index (χ3n) is 6.25. The van der Waals surface area contributed by atoms with E-state index in [9.17, 15) is 4.79 Å². The zero-order valence-electron chi connectivity index (χ0n) is 22.4. The summed E-state index contributed by atoms with van der Waals surface area (Å²) in [5.74, 6) is 1.43. The van der Waals surface area contributed by atoms with Gasteiger partial charge in [0.2, 0.25) is 5.17 Å². The first-order valence-electron chi connectivity index (χ1n) is 12.5. The predicted molar refractivity (Wildman–Crippen MR) is 168 cm³/mol. The Hall–Kier alpha value is -3.64. The van der Waals surface area contributed by atoms with E-state index >= 15 is 0 Å². The Bertz CT molecular complexity index is 1600. The summed E-state index contributed by atoms with van der Waals surface area (Å²) in [4.78, 5) is 17.1. The molecule has 1 N–H and O–H groups in total. The number of hydrogen-bond donors (Lipinski definition) is 1. The number of methoxy groups -OCH3 is 1. The van der Waals surface area contributed by atoms with Gasteiger partial charge < -0.3 is 14.2 Å². The Morgan fingerprint density at radius 2 is 1.70 bits per heavy atom. The van der Waals surface area contributed by atoms with Gasteiger partial charge in [0.05, 0.1) is 16.3 Å². The molecule has 8 nitrogen and oxygen atoms in total. The SMILES string of the molecule is COc1cc(/C=C2/C(=N)N3N=C(c4ccc(C)cc4)SC3=NC2=O)cc(I)c1OCCOc1cc(C)ccc1C. The fourth-order valence-electron chi connectivity index (χ4n) is 4.09. The largest absolute Gasteiger partial charge is 0.493 e. The lowest BCUT2D eigenvalue weighted by Crippen LogP contribution is -2.35. The predicted octanol–water partition coefficient (Wildman–Crippen LogP) is 6.35. The summed E-state index contributed by atoms with van der Waals surface area (Å²) < 4.78 is 18.3. The van der Waals surface area contributed by atoms with Gasteiger partial charge in [0.15, 0.2) is 17.3 Å². The Morgan fingerprint density at radius 1 is 0.975 bits per heavy atom. The van der Waals surface area contributed by atoms with Crippen LogP contribution in [0.4, 0.5) is 0 Å². The van der Waals surface area contributed by atoms with Crippen LogP contribution in [-0.4, -0.2) is 47.3 Å². The number of carbonyl (C=O) groups is 1. The zero-order chi connectivity index (χ0) is 28.4. The van der Waals surface area contributed by atoms with Gasteiger partial charge >= 0.3 is 0 Å². The quantitative estimate of drug-likeness (QED) is 0.171. The molecule has 0 atom stereocenters. The molecule has 3 aromatic rings. The van der Waals surface area contributed by atoms with E-state index in [1.54, 1.807) is 19.3 Å². The van der Waals surface area contributed by atoms with Gasteiger partial charge in [0.25, 0.3) is 5.91 Å². The average Bonchev–Trinajstić information content (AvgIpc) is 3.36. The van der Waals surface area contributed by atoms with Crippen molar-refractivity contribution in [2.75, 3.05) is 20.3 Å². The van der Waals surface area contributed by atoms with Crippen molar-refractivity contribution in [3.8, 4) is 17.2 Å². The number of hydrazone groups is 1. The molecule has 0 aromatic heterocycles. The van der Waals surface area contributed by atoms with E-state index in [0.717, 1.165) is 31.6 Å². The molecule has 3 aromatic carbocycles. The maximum atomic E-state index is 12.9. The average molecular weight is 667 g/mol. The minimum atomic E-state index is -0.484. The van der Waals surface area contributed by atoms with Crippen molar-refractivity contribution in [1.82, 2.24) is 5.01 Å². The van der Waals surface area contributed by atoms with Crippen LogP contribution in [0.2, 0.25) is 0 Å². The molecule has 0 spiro atoms. The Kier molecular flexibility index (Phi) is 8.27. The number of aliphatic imine (C=N–C) groups is 1. The third kappa shape index (κ3) is 5.92. The molecule has 1 amide bonds. The molecule has 0 fully saturated rings. The van der Waals surface area contributed by atoms with Crippen molar-refractivity contribution in [3.63, 3.8) is 0 Å². The number of hydrogen-bond acceptors (Lipinski definition) is 7. The van der Waals surface area contributed by atoms with Crippen molar-refractivity contribution < 1.29 is 19.0 Å². The Morgan fingerprint density at radius 3 is 2.45 bits per heavy atom. The fraction of sp³-hybridized carbons (Fsp3) is 0.200. The van der Waals surface area contributed by atoms with Gasteiger partial charge in [-0.05, 0) is 96.1 Å². The van der Waals surface area contributed by atoms with Gasteiger partial charge in [0, 0.05) is 5.56 Å². The highest BCUT2D eigenvalue weighted by Crippen LogP contribution is 2.36. The summed E-state index contributed by atoms with van der Waals surface area (Å²) in [5.41, 5.74) is 5.08. The van der Waals surface area contributed by atoms with Crippen LogP contribution < -0.4 is 14.2 Å². The highest BCUT2D eigenvalue weighted by Gasteiger charge is 2.36. The van der Waals surface area contributed by atoms with Crippen LogP contribution in [0.3, 0.4) is 0 Å². The zero-order valence-corrected chi connectivity index (χ0v) is 25.4. The molecule has 2 aliphatic heterocycles. The first kappa shape index (κ1) is 27.9. The van der Waals surface area contributed by atoms with E-state index in [1.807, 2.05) is 63.2 Å². The number of nitrogens with one attached hydrogen (secondary N) is 1. The molecule has 0 radical (unpaired) electrons. The number of benzene rings is 3. The minimum Gasteiger partial charge on any atom is -0.493 e. The number of ether oxygens (including phenoxy) is 3. The lowest BCUT2D eigenvalue weighted by atomic mass is 10.1. The smallest absolute Gasteiger partial charge is 0.283 e. The monoisotopic (exact) mass is 666 g/mol. The third-order valence-corrected chi connectivity index (χ3v) is 8.01. The molecular weight excluding hydrogens is 639 g/mol.